The smallest absolute Gasteiger partial charge is 0.323 e. The molecule has 0 radical (unpaired) electrons. The van der Waals surface area contributed by atoms with E-state index in [0.717, 1.165) is 0 Å². The number of methoxy groups -OCH3 is 1. The van der Waals surface area contributed by atoms with Crippen LogP contribution in [0.4, 0.5) is 4.79 Å². The third-order valence-electron chi connectivity index (χ3n) is 0.851. The average Bonchev–Trinajstić information content (AvgIpc) is 1.85. The molecule has 5 heteroatoms. The quantitative estimate of drug-likeness (QED) is 0.379. The van der Waals surface area contributed by atoms with Crippen molar-refractivity contribution in [2.24, 2.45) is 0 Å². The minimum atomic E-state index is -0.424. The second kappa shape index (κ2) is 4.54. The summed E-state index contributed by atoms with van der Waals surface area (Å²) in [5, 5.41) is 11.6. The largest absolute Gasteiger partial charge is 0.468 e. The molecular weight excluding hydrogens is 146 g/mol. The first-order valence-corrected chi connectivity index (χ1v) is 3.26. The van der Waals surface area contributed by atoms with Crippen LogP contribution < -0.4 is 10.6 Å². The zero-order chi connectivity index (χ0) is 8.85. The Morgan fingerprint density at radius 2 is 2.09 bits per heavy atom. The van der Waals surface area contributed by atoms with Crippen LogP contribution in [0.15, 0.2) is 0 Å². The zero-order valence-electron chi connectivity index (χ0n) is 6.89. The van der Waals surface area contributed by atoms with Crippen molar-refractivity contribution in [3.63, 3.8) is 0 Å². The second-order valence-electron chi connectivity index (χ2n) is 2.29. The highest BCUT2D eigenvalue weighted by molar-refractivity contribution is 5.91. The lowest BCUT2D eigenvalue weighted by atomic mass is 10.4. The lowest BCUT2D eigenvalue weighted by Gasteiger charge is -2.08. The number of hydrogen-bond donors (Lipinski definition) is 3. The van der Waals surface area contributed by atoms with Crippen LogP contribution in [-0.4, -0.2) is 25.2 Å². The van der Waals surface area contributed by atoms with E-state index in [2.05, 4.69) is 15.4 Å². The second-order valence-corrected chi connectivity index (χ2v) is 2.29. The number of carbonyl (C=O) groups is 1. The molecule has 0 aromatic heterocycles. The minimum absolute atomic E-state index is 0.0552. The van der Waals surface area contributed by atoms with E-state index in [1.807, 2.05) is 13.8 Å². The first-order valence-electron chi connectivity index (χ1n) is 3.26. The lowest BCUT2D eigenvalue weighted by Crippen LogP contribution is -2.42. The van der Waals surface area contributed by atoms with Crippen molar-refractivity contribution in [2.75, 3.05) is 7.11 Å². The maximum absolute atomic E-state index is 10.8. The summed E-state index contributed by atoms with van der Waals surface area (Å²) in [5.41, 5.74) is 0. The van der Waals surface area contributed by atoms with Gasteiger partial charge in [-0.3, -0.25) is 10.7 Å². The molecule has 0 saturated carbocycles. The highest BCUT2D eigenvalue weighted by Gasteiger charge is 2.03. The first-order chi connectivity index (χ1) is 5.06. The van der Waals surface area contributed by atoms with Gasteiger partial charge >= 0.3 is 6.03 Å². The number of amides is 2. The summed E-state index contributed by atoms with van der Waals surface area (Å²) in [6.07, 6.45) is 0. The van der Waals surface area contributed by atoms with Crippen molar-refractivity contribution < 1.29 is 9.53 Å². The van der Waals surface area contributed by atoms with Crippen molar-refractivity contribution in [2.45, 2.75) is 19.9 Å². The van der Waals surface area contributed by atoms with Gasteiger partial charge in [0.2, 0.25) is 0 Å². The molecule has 0 aliphatic heterocycles. The van der Waals surface area contributed by atoms with Gasteiger partial charge in [-0.05, 0) is 13.8 Å². The molecule has 0 aliphatic carbocycles. The maximum atomic E-state index is 10.8. The zero-order valence-corrected chi connectivity index (χ0v) is 6.89. The van der Waals surface area contributed by atoms with E-state index in [1.165, 1.54) is 7.11 Å². The standard InChI is InChI=1S/C6H13N3O2/c1-4(2)8-6(10)9-5(7)11-3/h4H,1-3H3,(H3,7,8,9,10). The van der Waals surface area contributed by atoms with Crippen LogP contribution in [0.2, 0.25) is 0 Å². The van der Waals surface area contributed by atoms with E-state index < -0.39 is 6.03 Å². The molecule has 0 aliphatic rings. The summed E-state index contributed by atoms with van der Waals surface area (Å²) in [7, 11) is 1.32. The van der Waals surface area contributed by atoms with Crippen LogP contribution in [0.5, 0.6) is 0 Å². The Kier molecular flexibility index (Phi) is 4.02. The monoisotopic (exact) mass is 159 g/mol. The van der Waals surface area contributed by atoms with Crippen molar-refractivity contribution in [3.05, 3.63) is 0 Å². The van der Waals surface area contributed by atoms with E-state index in [9.17, 15) is 4.79 Å². The molecule has 0 rings (SSSR count). The van der Waals surface area contributed by atoms with Crippen molar-refractivity contribution in [1.29, 1.82) is 5.41 Å². The number of urea groups is 1. The van der Waals surface area contributed by atoms with Crippen LogP contribution in [0.25, 0.3) is 0 Å². The van der Waals surface area contributed by atoms with Crippen LogP contribution >= 0.6 is 0 Å². The van der Waals surface area contributed by atoms with Crippen LogP contribution in [0.3, 0.4) is 0 Å². The summed E-state index contributed by atoms with van der Waals surface area (Å²) in [4.78, 5) is 10.8. The van der Waals surface area contributed by atoms with Gasteiger partial charge in [-0.2, -0.15) is 0 Å². The number of nitrogens with one attached hydrogen (secondary N) is 3. The molecule has 0 aromatic rings. The fourth-order valence-electron chi connectivity index (χ4n) is 0.452. The van der Waals surface area contributed by atoms with Gasteiger partial charge in [-0.25, -0.2) is 4.79 Å². The van der Waals surface area contributed by atoms with E-state index >= 15 is 0 Å². The van der Waals surface area contributed by atoms with Gasteiger partial charge in [0.25, 0.3) is 6.02 Å². The molecular formula is C6H13N3O2. The van der Waals surface area contributed by atoms with E-state index in [1.54, 1.807) is 0 Å². The fraction of sp³-hybridized carbons (Fsp3) is 0.667. The normalized spacial score (nSPS) is 9.09. The van der Waals surface area contributed by atoms with Gasteiger partial charge in [0.15, 0.2) is 0 Å². The van der Waals surface area contributed by atoms with E-state index in [-0.39, 0.29) is 12.1 Å². The molecule has 64 valence electrons. The van der Waals surface area contributed by atoms with Gasteiger partial charge in [0.05, 0.1) is 7.11 Å². The molecule has 0 saturated heterocycles. The van der Waals surface area contributed by atoms with Crippen molar-refractivity contribution in [3.8, 4) is 0 Å². The van der Waals surface area contributed by atoms with Gasteiger partial charge in [0, 0.05) is 6.04 Å². The van der Waals surface area contributed by atoms with Gasteiger partial charge in [-0.15, -0.1) is 0 Å². The number of amidine groups is 1. The molecule has 3 N–H and O–H groups in total. The van der Waals surface area contributed by atoms with Crippen molar-refractivity contribution in [1.82, 2.24) is 10.6 Å². The lowest BCUT2D eigenvalue weighted by molar-refractivity contribution is 0.240. The summed E-state index contributed by atoms with van der Waals surface area (Å²) in [5.74, 6) is 0. The summed E-state index contributed by atoms with van der Waals surface area (Å²) >= 11 is 0. The molecule has 0 fully saturated rings. The Bertz CT molecular complexity index is 156. The molecule has 0 atom stereocenters. The molecule has 0 aromatic carbocycles. The molecule has 5 nitrogen and oxygen atoms in total. The highest BCUT2D eigenvalue weighted by atomic mass is 16.5. The van der Waals surface area contributed by atoms with Crippen LogP contribution in [-0.2, 0) is 4.74 Å². The Morgan fingerprint density at radius 1 is 1.55 bits per heavy atom. The van der Waals surface area contributed by atoms with E-state index in [4.69, 9.17) is 5.41 Å². The Labute approximate surface area is 65.6 Å². The van der Waals surface area contributed by atoms with Crippen LogP contribution in [0.1, 0.15) is 13.8 Å². The number of hydrogen-bond acceptors (Lipinski definition) is 3. The SMILES string of the molecule is COC(=N)NC(=O)NC(C)C. The van der Waals surface area contributed by atoms with Gasteiger partial charge in [0.1, 0.15) is 0 Å². The third-order valence-corrected chi connectivity index (χ3v) is 0.851. The maximum Gasteiger partial charge on any atom is 0.323 e. The van der Waals surface area contributed by atoms with Gasteiger partial charge in [-0.1, -0.05) is 0 Å². The predicted octanol–water partition coefficient (Wildman–Crippen LogP) is 0.275. The molecule has 2 amide bonds. The molecule has 0 bridgehead atoms. The van der Waals surface area contributed by atoms with Crippen molar-refractivity contribution >= 4 is 12.1 Å². The topological polar surface area (TPSA) is 74.2 Å². The summed E-state index contributed by atoms with van der Waals surface area (Å²) in [6.45, 7) is 3.66. The number of carbonyl (C=O) groups excluding carboxylic acids is 1. The van der Waals surface area contributed by atoms with E-state index in [0.29, 0.717) is 0 Å². The molecule has 0 heterocycles. The average molecular weight is 159 g/mol. The molecule has 0 spiro atoms. The highest BCUT2D eigenvalue weighted by Crippen LogP contribution is 1.76. The third kappa shape index (κ3) is 5.20. The molecule has 11 heavy (non-hydrogen) atoms. The molecule has 0 unspecified atom stereocenters. The summed E-state index contributed by atoms with van der Waals surface area (Å²) < 4.78 is 4.41. The minimum Gasteiger partial charge on any atom is -0.468 e. The number of ether oxygens (including phenoxy) is 1. The Balaban J connectivity index is 3.61. The first kappa shape index (κ1) is 9.74. The van der Waals surface area contributed by atoms with Crippen LogP contribution in [0, 0.1) is 5.41 Å². The van der Waals surface area contributed by atoms with Gasteiger partial charge < -0.3 is 10.1 Å². The Morgan fingerprint density at radius 3 is 2.45 bits per heavy atom. The fourth-order valence-corrected chi connectivity index (χ4v) is 0.452. The Hall–Kier alpha value is -1.26. The predicted molar refractivity (Wildman–Crippen MR) is 41.5 cm³/mol. The summed E-state index contributed by atoms with van der Waals surface area (Å²) in [6, 6.07) is -0.630. The number of rotatable bonds is 1.